The third-order valence-electron chi connectivity index (χ3n) is 3.12. The molecule has 0 aliphatic carbocycles. The van der Waals surface area contributed by atoms with Crippen molar-refractivity contribution in [2.24, 2.45) is 5.92 Å². The monoisotopic (exact) mass is 277 g/mol. The lowest BCUT2D eigenvalue weighted by molar-refractivity contribution is 0.0728. The molecule has 18 heavy (non-hydrogen) atoms. The van der Waals surface area contributed by atoms with Gasteiger partial charge < -0.3 is 10.1 Å². The minimum absolute atomic E-state index is 0. The SMILES string of the molecule is Cl.Fc1cccc(F)c1COCC1CCNCC1. The first-order chi connectivity index (χ1) is 8.27. The largest absolute Gasteiger partial charge is 0.376 e. The van der Waals surface area contributed by atoms with Crippen LogP contribution in [0.2, 0.25) is 0 Å². The van der Waals surface area contributed by atoms with Gasteiger partial charge in [0.05, 0.1) is 6.61 Å². The second-order valence-corrected chi connectivity index (χ2v) is 4.41. The van der Waals surface area contributed by atoms with Crippen molar-refractivity contribution in [1.29, 1.82) is 0 Å². The molecule has 5 heteroatoms. The average molecular weight is 278 g/mol. The van der Waals surface area contributed by atoms with Crippen molar-refractivity contribution in [2.75, 3.05) is 19.7 Å². The normalized spacial score (nSPS) is 16.3. The summed E-state index contributed by atoms with van der Waals surface area (Å²) in [6, 6.07) is 3.87. The smallest absolute Gasteiger partial charge is 0.131 e. The Kier molecular flexibility index (Phi) is 6.54. The highest BCUT2D eigenvalue weighted by atomic mass is 35.5. The minimum Gasteiger partial charge on any atom is -0.376 e. The fraction of sp³-hybridized carbons (Fsp3) is 0.538. The van der Waals surface area contributed by atoms with E-state index in [2.05, 4.69) is 5.32 Å². The van der Waals surface area contributed by atoms with Gasteiger partial charge >= 0.3 is 0 Å². The van der Waals surface area contributed by atoms with Gasteiger partial charge in [-0.05, 0) is 44.0 Å². The molecule has 1 aromatic carbocycles. The van der Waals surface area contributed by atoms with Crippen LogP contribution in [0.3, 0.4) is 0 Å². The van der Waals surface area contributed by atoms with Gasteiger partial charge in [-0.1, -0.05) is 6.07 Å². The number of hydrogen-bond donors (Lipinski definition) is 1. The number of hydrogen-bond acceptors (Lipinski definition) is 2. The van der Waals surface area contributed by atoms with E-state index in [4.69, 9.17) is 4.74 Å². The number of piperidine rings is 1. The number of nitrogens with one attached hydrogen (secondary N) is 1. The molecule has 2 rings (SSSR count). The predicted molar refractivity (Wildman–Crippen MR) is 68.9 cm³/mol. The highest BCUT2D eigenvalue weighted by molar-refractivity contribution is 5.85. The van der Waals surface area contributed by atoms with E-state index in [1.54, 1.807) is 0 Å². The second-order valence-electron chi connectivity index (χ2n) is 4.41. The highest BCUT2D eigenvalue weighted by Gasteiger charge is 2.14. The van der Waals surface area contributed by atoms with Crippen LogP contribution >= 0.6 is 12.4 Å². The summed E-state index contributed by atoms with van der Waals surface area (Å²) in [5, 5.41) is 3.27. The zero-order chi connectivity index (χ0) is 12.1. The van der Waals surface area contributed by atoms with E-state index in [1.165, 1.54) is 18.2 Å². The van der Waals surface area contributed by atoms with Gasteiger partial charge in [0.1, 0.15) is 11.6 Å². The molecule has 1 aliphatic heterocycles. The molecule has 1 fully saturated rings. The van der Waals surface area contributed by atoms with Crippen LogP contribution in [0.4, 0.5) is 8.78 Å². The summed E-state index contributed by atoms with van der Waals surface area (Å²) in [6.07, 6.45) is 2.14. The lowest BCUT2D eigenvalue weighted by atomic mass is 9.99. The van der Waals surface area contributed by atoms with Crippen molar-refractivity contribution in [2.45, 2.75) is 19.4 Å². The van der Waals surface area contributed by atoms with E-state index in [-0.39, 0.29) is 24.6 Å². The third-order valence-corrected chi connectivity index (χ3v) is 3.12. The highest BCUT2D eigenvalue weighted by Crippen LogP contribution is 2.16. The fourth-order valence-corrected chi connectivity index (χ4v) is 2.05. The Balaban J connectivity index is 0.00000162. The average Bonchev–Trinajstić information content (AvgIpc) is 2.34. The first-order valence-corrected chi connectivity index (χ1v) is 5.98. The van der Waals surface area contributed by atoms with Gasteiger partial charge in [0, 0.05) is 12.2 Å². The van der Waals surface area contributed by atoms with Crippen molar-refractivity contribution in [3.8, 4) is 0 Å². The molecule has 1 aliphatic rings. The van der Waals surface area contributed by atoms with Crippen LogP contribution in [0.1, 0.15) is 18.4 Å². The van der Waals surface area contributed by atoms with Gasteiger partial charge in [0.25, 0.3) is 0 Å². The van der Waals surface area contributed by atoms with E-state index < -0.39 is 11.6 Å². The van der Waals surface area contributed by atoms with E-state index >= 15 is 0 Å². The molecule has 102 valence electrons. The summed E-state index contributed by atoms with van der Waals surface area (Å²) in [5.41, 5.74) is 0.0291. The van der Waals surface area contributed by atoms with E-state index in [0.717, 1.165) is 25.9 Å². The standard InChI is InChI=1S/C13H17F2NO.ClH/c14-12-2-1-3-13(15)11(12)9-17-8-10-4-6-16-7-5-10;/h1-3,10,16H,4-9H2;1H. The Hall–Kier alpha value is -0.710. The van der Waals surface area contributed by atoms with Crippen molar-refractivity contribution >= 4 is 12.4 Å². The zero-order valence-corrected chi connectivity index (χ0v) is 10.9. The maximum atomic E-state index is 13.3. The Morgan fingerprint density at radius 2 is 1.78 bits per heavy atom. The lowest BCUT2D eigenvalue weighted by Crippen LogP contribution is -2.29. The van der Waals surface area contributed by atoms with E-state index in [1.807, 2.05) is 0 Å². The Morgan fingerprint density at radius 1 is 1.17 bits per heavy atom. The molecular weight excluding hydrogens is 260 g/mol. The van der Waals surface area contributed by atoms with Crippen LogP contribution in [0.5, 0.6) is 0 Å². The number of benzene rings is 1. The van der Waals surface area contributed by atoms with Crippen LogP contribution in [-0.4, -0.2) is 19.7 Å². The molecule has 1 N–H and O–H groups in total. The summed E-state index contributed by atoms with van der Waals surface area (Å²) in [7, 11) is 0. The Labute approximate surface area is 112 Å². The van der Waals surface area contributed by atoms with Crippen LogP contribution in [0, 0.1) is 17.6 Å². The first kappa shape index (κ1) is 15.3. The van der Waals surface area contributed by atoms with Gasteiger partial charge in [-0.3, -0.25) is 0 Å². The molecule has 0 unspecified atom stereocenters. The van der Waals surface area contributed by atoms with Gasteiger partial charge in [-0.15, -0.1) is 12.4 Å². The van der Waals surface area contributed by atoms with Gasteiger partial charge in [-0.25, -0.2) is 8.78 Å². The van der Waals surface area contributed by atoms with Crippen LogP contribution in [-0.2, 0) is 11.3 Å². The van der Waals surface area contributed by atoms with E-state index in [0.29, 0.717) is 12.5 Å². The van der Waals surface area contributed by atoms with Crippen molar-refractivity contribution in [1.82, 2.24) is 5.32 Å². The van der Waals surface area contributed by atoms with Gasteiger partial charge in [0.2, 0.25) is 0 Å². The molecule has 0 atom stereocenters. The molecule has 0 spiro atoms. The summed E-state index contributed by atoms with van der Waals surface area (Å²) >= 11 is 0. The van der Waals surface area contributed by atoms with Crippen LogP contribution in [0.25, 0.3) is 0 Å². The molecule has 0 bridgehead atoms. The summed E-state index contributed by atoms with van der Waals surface area (Å²) in [4.78, 5) is 0. The van der Waals surface area contributed by atoms with Gasteiger partial charge in [0.15, 0.2) is 0 Å². The zero-order valence-electron chi connectivity index (χ0n) is 10.1. The second kappa shape index (κ2) is 7.67. The van der Waals surface area contributed by atoms with E-state index in [9.17, 15) is 8.78 Å². The maximum Gasteiger partial charge on any atom is 0.131 e. The predicted octanol–water partition coefficient (Wildman–Crippen LogP) is 2.90. The number of halogens is 3. The van der Waals surface area contributed by atoms with Crippen molar-refractivity contribution < 1.29 is 13.5 Å². The maximum absolute atomic E-state index is 13.3. The molecule has 2 nitrogen and oxygen atoms in total. The van der Waals surface area contributed by atoms with Crippen molar-refractivity contribution in [3.05, 3.63) is 35.4 Å². The topological polar surface area (TPSA) is 21.3 Å². The third kappa shape index (κ3) is 4.19. The lowest BCUT2D eigenvalue weighted by Gasteiger charge is -2.22. The molecule has 1 aromatic rings. The molecule has 0 aromatic heterocycles. The quantitative estimate of drug-likeness (QED) is 0.914. The Bertz CT molecular complexity index is 350. The molecule has 0 saturated carbocycles. The minimum atomic E-state index is -0.532. The number of rotatable bonds is 4. The molecule has 0 radical (unpaired) electrons. The summed E-state index contributed by atoms with van der Waals surface area (Å²) in [5.74, 6) is -0.559. The molecule has 0 amide bonds. The first-order valence-electron chi connectivity index (χ1n) is 5.98. The van der Waals surface area contributed by atoms with Crippen LogP contribution in [0.15, 0.2) is 18.2 Å². The fourth-order valence-electron chi connectivity index (χ4n) is 2.05. The van der Waals surface area contributed by atoms with Gasteiger partial charge in [-0.2, -0.15) is 0 Å². The Morgan fingerprint density at radius 3 is 2.39 bits per heavy atom. The summed E-state index contributed by atoms with van der Waals surface area (Å²) < 4.78 is 32.0. The summed E-state index contributed by atoms with van der Waals surface area (Å²) in [6.45, 7) is 2.60. The molecule has 1 heterocycles. The molecule has 1 saturated heterocycles. The van der Waals surface area contributed by atoms with Crippen LogP contribution < -0.4 is 5.32 Å². The number of ether oxygens (including phenoxy) is 1. The van der Waals surface area contributed by atoms with Crippen molar-refractivity contribution in [3.63, 3.8) is 0 Å². The molecular formula is C13H18ClF2NO.